The van der Waals surface area contributed by atoms with Crippen molar-refractivity contribution >= 4 is 11.0 Å². The topological polar surface area (TPSA) is 67.9 Å². The molecule has 5 rings (SSSR count). The van der Waals surface area contributed by atoms with Crippen molar-refractivity contribution in [3.63, 3.8) is 0 Å². The first-order valence-electron chi connectivity index (χ1n) is 9.92. The Hall–Kier alpha value is -3.17. The van der Waals surface area contributed by atoms with Crippen molar-refractivity contribution < 1.29 is 18.3 Å². The number of nitrogens with zero attached hydrogens (tertiary/aromatic N) is 4. The van der Waals surface area contributed by atoms with Gasteiger partial charge in [0.25, 0.3) is 0 Å². The number of aliphatic hydroxyl groups excluding tert-OH is 1. The number of rotatable bonds is 3. The molecule has 0 bridgehead atoms. The molecule has 1 aliphatic heterocycles. The van der Waals surface area contributed by atoms with Gasteiger partial charge in [-0.05, 0) is 36.2 Å². The zero-order valence-corrected chi connectivity index (χ0v) is 16.7. The van der Waals surface area contributed by atoms with E-state index in [0.29, 0.717) is 30.0 Å². The van der Waals surface area contributed by atoms with E-state index in [-0.39, 0.29) is 6.73 Å². The maximum absolute atomic E-state index is 13.4. The molecule has 4 aromatic rings. The third-order valence-corrected chi connectivity index (χ3v) is 5.68. The average molecular weight is 427 g/mol. The summed E-state index contributed by atoms with van der Waals surface area (Å²) in [6.07, 6.45) is -0.964. The predicted octanol–water partition coefficient (Wildman–Crippen LogP) is 3.95. The number of fused-ring (bicyclic) bond motifs is 2. The number of benzene rings is 1. The van der Waals surface area contributed by atoms with Crippen molar-refractivity contribution in [1.29, 1.82) is 0 Å². The molecule has 9 heteroatoms. The van der Waals surface area contributed by atoms with Crippen LogP contribution in [-0.2, 0) is 26.0 Å². The molecule has 6 nitrogen and oxygen atoms in total. The van der Waals surface area contributed by atoms with E-state index < -0.39 is 11.7 Å². The first kappa shape index (κ1) is 19.8. The molecular formula is C22H20F3N5O. The summed E-state index contributed by atoms with van der Waals surface area (Å²) in [4.78, 5) is 4.42. The Balaban J connectivity index is 1.81. The molecule has 0 atom stereocenters. The maximum atomic E-state index is 13.4. The molecule has 4 heterocycles. The van der Waals surface area contributed by atoms with E-state index in [2.05, 4.69) is 10.3 Å². The highest BCUT2D eigenvalue weighted by Crippen LogP contribution is 2.41. The molecule has 0 amide bonds. The van der Waals surface area contributed by atoms with E-state index in [1.165, 1.54) is 6.07 Å². The molecule has 31 heavy (non-hydrogen) atoms. The maximum Gasteiger partial charge on any atom is 0.416 e. The van der Waals surface area contributed by atoms with Gasteiger partial charge in [-0.15, -0.1) is 0 Å². The van der Waals surface area contributed by atoms with Gasteiger partial charge in [-0.3, -0.25) is 4.68 Å². The fourth-order valence-electron chi connectivity index (χ4n) is 4.31. The van der Waals surface area contributed by atoms with E-state index in [1.54, 1.807) is 16.8 Å². The van der Waals surface area contributed by atoms with Crippen molar-refractivity contribution in [2.24, 2.45) is 0 Å². The monoisotopic (exact) mass is 427 g/mol. The summed E-state index contributed by atoms with van der Waals surface area (Å²) in [6.45, 7) is 3.64. The minimum absolute atomic E-state index is 0.213. The van der Waals surface area contributed by atoms with Crippen LogP contribution >= 0.6 is 0 Å². The first-order valence-corrected chi connectivity index (χ1v) is 9.92. The number of nitrogens with one attached hydrogen (secondary N) is 1. The van der Waals surface area contributed by atoms with E-state index in [4.69, 9.17) is 5.10 Å². The number of hydrogen-bond donors (Lipinski definition) is 2. The lowest BCUT2D eigenvalue weighted by Crippen LogP contribution is -2.28. The Morgan fingerprint density at radius 2 is 2.06 bits per heavy atom. The van der Waals surface area contributed by atoms with Gasteiger partial charge < -0.3 is 15.0 Å². The van der Waals surface area contributed by atoms with Gasteiger partial charge >= 0.3 is 6.18 Å². The van der Waals surface area contributed by atoms with Crippen LogP contribution < -0.4 is 5.32 Å². The van der Waals surface area contributed by atoms with Crippen LogP contribution in [0.2, 0.25) is 0 Å². The Morgan fingerprint density at radius 1 is 1.23 bits per heavy atom. The largest absolute Gasteiger partial charge is 0.416 e. The molecule has 160 valence electrons. The highest BCUT2D eigenvalue weighted by atomic mass is 19.4. The zero-order chi connectivity index (χ0) is 21.8. The van der Waals surface area contributed by atoms with E-state index in [1.807, 2.05) is 23.9 Å². The van der Waals surface area contributed by atoms with E-state index in [0.717, 1.165) is 46.4 Å². The molecule has 3 aromatic heterocycles. The van der Waals surface area contributed by atoms with Crippen LogP contribution in [0.1, 0.15) is 16.8 Å². The Morgan fingerprint density at radius 3 is 2.84 bits per heavy atom. The van der Waals surface area contributed by atoms with Gasteiger partial charge in [-0.25, -0.2) is 4.98 Å². The number of aliphatic hydroxyl groups is 1. The summed E-state index contributed by atoms with van der Waals surface area (Å²) >= 11 is 0. The van der Waals surface area contributed by atoms with E-state index in [9.17, 15) is 18.3 Å². The molecule has 0 saturated heterocycles. The van der Waals surface area contributed by atoms with Crippen LogP contribution in [0.15, 0.2) is 42.7 Å². The Kier molecular flexibility index (Phi) is 4.60. The van der Waals surface area contributed by atoms with Crippen LogP contribution in [0.25, 0.3) is 33.4 Å². The number of hydrogen-bond acceptors (Lipinski definition) is 4. The lowest BCUT2D eigenvalue weighted by molar-refractivity contribution is -0.137. The molecule has 0 saturated carbocycles. The SMILES string of the molecule is Cc1cn(CO)c2nccc(-c3c(-c4cccc(C(F)(F)F)c4)nn4c3CNCC4)c12. The number of aryl methyl sites for hydroxylation is 1. The van der Waals surface area contributed by atoms with Crippen molar-refractivity contribution in [2.45, 2.75) is 32.9 Å². The summed E-state index contributed by atoms with van der Waals surface area (Å²) in [7, 11) is 0. The van der Waals surface area contributed by atoms with Crippen molar-refractivity contribution in [2.75, 3.05) is 6.54 Å². The summed E-state index contributed by atoms with van der Waals surface area (Å²) in [5.74, 6) is 0. The molecule has 0 unspecified atom stereocenters. The second kappa shape index (κ2) is 7.21. The van der Waals surface area contributed by atoms with Gasteiger partial charge in [0.2, 0.25) is 0 Å². The standard InChI is InChI=1S/C22H20F3N5O/c1-13-11-29(12-31)21-18(13)16(5-6-27-21)19-17-10-26-7-8-30(17)28-20(19)14-3-2-4-15(9-14)22(23,24)25/h2-6,9,11,26,31H,7-8,10,12H2,1H3. The van der Waals surface area contributed by atoms with E-state index >= 15 is 0 Å². The van der Waals surface area contributed by atoms with Crippen molar-refractivity contribution in [1.82, 2.24) is 24.6 Å². The van der Waals surface area contributed by atoms with Gasteiger partial charge in [0.1, 0.15) is 18.1 Å². The summed E-state index contributed by atoms with van der Waals surface area (Å²) < 4.78 is 43.6. The molecule has 0 radical (unpaired) electrons. The van der Waals surface area contributed by atoms with Gasteiger partial charge in [-0.1, -0.05) is 12.1 Å². The van der Waals surface area contributed by atoms with Crippen LogP contribution in [0.4, 0.5) is 13.2 Å². The zero-order valence-electron chi connectivity index (χ0n) is 16.7. The number of pyridine rings is 1. The Bertz CT molecular complexity index is 1290. The second-order valence-electron chi connectivity index (χ2n) is 7.63. The molecule has 0 fully saturated rings. The number of aromatic nitrogens is 4. The number of halogens is 3. The third kappa shape index (κ3) is 3.21. The Labute approximate surface area is 175 Å². The van der Waals surface area contributed by atoms with Crippen molar-refractivity contribution in [3.05, 3.63) is 59.5 Å². The molecule has 1 aromatic carbocycles. The number of alkyl halides is 3. The average Bonchev–Trinajstić information content (AvgIpc) is 3.31. The van der Waals surface area contributed by atoms with Gasteiger partial charge in [-0.2, -0.15) is 18.3 Å². The minimum atomic E-state index is -4.43. The fraction of sp³-hybridized carbons (Fsp3) is 0.273. The first-order chi connectivity index (χ1) is 14.9. The molecule has 1 aliphatic rings. The normalized spacial score (nSPS) is 14.2. The van der Waals surface area contributed by atoms with Crippen LogP contribution in [0.5, 0.6) is 0 Å². The second-order valence-corrected chi connectivity index (χ2v) is 7.63. The summed E-state index contributed by atoms with van der Waals surface area (Å²) in [5, 5.41) is 18.6. The molecular weight excluding hydrogens is 407 g/mol. The van der Waals surface area contributed by atoms with Crippen molar-refractivity contribution in [3.8, 4) is 22.4 Å². The van der Waals surface area contributed by atoms with Crippen LogP contribution in [0.3, 0.4) is 0 Å². The smallest absolute Gasteiger partial charge is 0.376 e. The summed E-state index contributed by atoms with van der Waals surface area (Å²) in [5.41, 5.74) is 4.31. The third-order valence-electron chi connectivity index (χ3n) is 5.68. The minimum Gasteiger partial charge on any atom is -0.376 e. The van der Waals surface area contributed by atoms with Gasteiger partial charge in [0, 0.05) is 42.0 Å². The lowest BCUT2D eigenvalue weighted by atomic mass is 9.95. The highest BCUT2D eigenvalue weighted by Gasteiger charge is 2.32. The van der Waals surface area contributed by atoms with Crippen LogP contribution in [-0.4, -0.2) is 31.0 Å². The van der Waals surface area contributed by atoms with Gasteiger partial charge in [0.15, 0.2) is 0 Å². The summed E-state index contributed by atoms with van der Waals surface area (Å²) in [6, 6.07) is 7.14. The lowest BCUT2D eigenvalue weighted by Gasteiger charge is -2.16. The van der Waals surface area contributed by atoms with Crippen LogP contribution in [0, 0.1) is 6.92 Å². The fourth-order valence-corrected chi connectivity index (χ4v) is 4.31. The molecule has 0 spiro atoms. The molecule has 0 aliphatic carbocycles. The predicted molar refractivity (Wildman–Crippen MR) is 110 cm³/mol. The van der Waals surface area contributed by atoms with Gasteiger partial charge in [0.05, 0.1) is 17.8 Å². The quantitative estimate of drug-likeness (QED) is 0.520. The highest BCUT2D eigenvalue weighted by molar-refractivity contribution is 6.00. The molecule has 2 N–H and O–H groups in total.